The van der Waals surface area contributed by atoms with Crippen molar-refractivity contribution in [3.8, 4) is 11.5 Å². The minimum absolute atomic E-state index is 0.0406. The fourth-order valence-electron chi connectivity index (χ4n) is 2.38. The summed E-state index contributed by atoms with van der Waals surface area (Å²) in [4.78, 5) is 11.6. The Bertz CT molecular complexity index is 884. The second-order valence-corrected chi connectivity index (χ2v) is 9.53. The van der Waals surface area contributed by atoms with Crippen LogP contribution in [0.15, 0.2) is 59.5 Å². The molecular formula is C18H22N2O5S2. The number of rotatable bonds is 8. The van der Waals surface area contributed by atoms with Crippen molar-refractivity contribution in [3.63, 3.8) is 0 Å². The Hall–Kier alpha value is -2.07. The molecule has 1 atom stereocenters. The molecule has 27 heavy (non-hydrogen) atoms. The third kappa shape index (κ3) is 4.81. The number of primary amides is 1. The van der Waals surface area contributed by atoms with Crippen LogP contribution < -0.4 is 10.5 Å². The highest BCUT2D eigenvalue weighted by Crippen LogP contribution is 2.32. The predicted octanol–water partition coefficient (Wildman–Crippen LogP) is 2.85. The van der Waals surface area contributed by atoms with Gasteiger partial charge in [-0.3, -0.25) is 10.0 Å². The summed E-state index contributed by atoms with van der Waals surface area (Å²) in [5.41, 5.74) is 5.35. The lowest BCUT2D eigenvalue weighted by atomic mass is 10.0. The van der Waals surface area contributed by atoms with Gasteiger partial charge in [0, 0.05) is 4.75 Å². The molecule has 0 spiro atoms. The third-order valence-electron chi connectivity index (χ3n) is 4.02. The molecule has 7 nitrogen and oxygen atoms in total. The molecule has 0 saturated heterocycles. The lowest BCUT2D eigenvalue weighted by molar-refractivity contribution is -0.132. The summed E-state index contributed by atoms with van der Waals surface area (Å²) in [6, 6.07) is 13.1. The van der Waals surface area contributed by atoms with Crippen LogP contribution >= 0.6 is 11.8 Å². The van der Waals surface area contributed by atoms with Crippen LogP contribution in [0.5, 0.6) is 11.5 Å². The molecule has 2 aromatic rings. The van der Waals surface area contributed by atoms with Gasteiger partial charge in [-0.25, -0.2) is 8.42 Å². The van der Waals surface area contributed by atoms with Crippen LogP contribution in [0.2, 0.25) is 0 Å². The van der Waals surface area contributed by atoms with Crippen LogP contribution in [0.4, 0.5) is 0 Å². The molecule has 2 aromatic carbocycles. The average Bonchev–Trinajstić information content (AvgIpc) is 2.62. The summed E-state index contributed by atoms with van der Waals surface area (Å²) in [6.45, 7) is 3.26. The van der Waals surface area contributed by atoms with E-state index in [4.69, 9.17) is 10.5 Å². The maximum absolute atomic E-state index is 12.7. The van der Waals surface area contributed by atoms with Crippen LogP contribution in [0.25, 0.3) is 0 Å². The van der Waals surface area contributed by atoms with E-state index in [0.717, 1.165) is 0 Å². The number of amides is 1. The first-order chi connectivity index (χ1) is 12.6. The smallest absolute Gasteiger partial charge is 0.265 e. The molecule has 1 amide bonds. The van der Waals surface area contributed by atoms with E-state index >= 15 is 0 Å². The molecule has 2 rings (SSSR count). The molecule has 0 aliphatic rings. The largest absolute Gasteiger partial charge is 0.457 e. The minimum atomic E-state index is -4.35. The maximum Gasteiger partial charge on any atom is 0.265 e. The van der Waals surface area contributed by atoms with Crippen molar-refractivity contribution in [2.75, 3.05) is 6.26 Å². The molecule has 0 fully saturated rings. The summed E-state index contributed by atoms with van der Waals surface area (Å²) in [5.74, 6) is 0.0948. The zero-order chi connectivity index (χ0) is 20.2. The Balaban J connectivity index is 2.28. The first-order valence-electron chi connectivity index (χ1n) is 8.00. The highest BCUT2D eigenvalue weighted by atomic mass is 32.2. The van der Waals surface area contributed by atoms with Gasteiger partial charge in [0.05, 0.1) is 4.90 Å². The molecule has 0 aliphatic heterocycles. The van der Waals surface area contributed by atoms with Gasteiger partial charge in [-0.2, -0.15) is 11.8 Å². The van der Waals surface area contributed by atoms with Crippen molar-refractivity contribution < 1.29 is 23.2 Å². The number of para-hydroxylation sites is 1. The highest BCUT2D eigenvalue weighted by Gasteiger charge is 2.43. The number of carbonyl (C=O) groups is 1. The Labute approximate surface area is 163 Å². The monoisotopic (exact) mass is 410 g/mol. The molecule has 0 aromatic heterocycles. The van der Waals surface area contributed by atoms with E-state index < -0.39 is 26.7 Å². The fraction of sp³-hybridized carbons (Fsp3) is 0.278. The third-order valence-corrected chi connectivity index (χ3v) is 6.87. The summed E-state index contributed by atoms with van der Waals surface area (Å²) in [5, 5.41) is 10.3. The van der Waals surface area contributed by atoms with Crippen LogP contribution in [0, 0.1) is 0 Å². The van der Waals surface area contributed by atoms with Crippen molar-refractivity contribution in [1.29, 1.82) is 0 Å². The van der Waals surface area contributed by atoms with Crippen LogP contribution in [-0.4, -0.2) is 41.0 Å². The Morgan fingerprint density at radius 1 is 1.11 bits per heavy atom. The van der Waals surface area contributed by atoms with E-state index in [2.05, 4.69) is 0 Å². The Kier molecular flexibility index (Phi) is 6.53. The zero-order valence-corrected chi connectivity index (χ0v) is 16.8. The SMILES string of the molecule is CSC(C)(C)[C@H](C(N)=O)N(O)S(=O)(=O)c1ccc(Oc2ccccc2)cc1. The maximum atomic E-state index is 12.7. The average molecular weight is 411 g/mol. The molecule has 0 heterocycles. The quantitative estimate of drug-likeness (QED) is 0.648. The first kappa shape index (κ1) is 21.2. The number of hydrogen-bond donors (Lipinski definition) is 2. The topological polar surface area (TPSA) is 110 Å². The molecule has 0 unspecified atom stereocenters. The summed E-state index contributed by atoms with van der Waals surface area (Å²) < 4.78 is 30.2. The molecule has 3 N–H and O–H groups in total. The van der Waals surface area contributed by atoms with Gasteiger partial charge >= 0.3 is 0 Å². The number of ether oxygens (including phenoxy) is 1. The van der Waals surface area contributed by atoms with E-state index in [9.17, 15) is 18.4 Å². The second-order valence-electron chi connectivity index (χ2n) is 6.28. The number of carbonyl (C=O) groups excluding carboxylic acids is 1. The lowest BCUT2D eigenvalue weighted by Crippen LogP contribution is -2.55. The lowest BCUT2D eigenvalue weighted by Gasteiger charge is -2.34. The normalized spacial score (nSPS) is 13.4. The summed E-state index contributed by atoms with van der Waals surface area (Å²) >= 11 is 1.22. The van der Waals surface area contributed by atoms with Gasteiger partial charge in [0.25, 0.3) is 10.0 Å². The molecule has 0 bridgehead atoms. The number of nitrogens with two attached hydrogens (primary N) is 1. The van der Waals surface area contributed by atoms with Crippen LogP contribution in [0.3, 0.4) is 0 Å². The first-order valence-corrected chi connectivity index (χ1v) is 10.7. The molecule has 0 aliphatic carbocycles. The molecule has 146 valence electrons. The Morgan fingerprint density at radius 3 is 2.11 bits per heavy atom. The number of thioether (sulfide) groups is 1. The number of hydrogen-bond acceptors (Lipinski definition) is 6. The van der Waals surface area contributed by atoms with Gasteiger partial charge < -0.3 is 10.5 Å². The van der Waals surface area contributed by atoms with E-state index in [-0.39, 0.29) is 9.36 Å². The van der Waals surface area contributed by atoms with Crippen LogP contribution in [-0.2, 0) is 14.8 Å². The molecule has 9 heteroatoms. The number of benzene rings is 2. The van der Waals surface area contributed by atoms with Crippen molar-refractivity contribution >= 4 is 27.7 Å². The standard InChI is InChI=1S/C18H22N2O5S2/c1-18(2,26-3)16(17(19)21)20(22)27(23,24)15-11-9-14(10-12-15)25-13-7-5-4-6-8-13/h4-12,16,22H,1-3H3,(H2,19,21)/t16-/m0/s1. The van der Waals surface area contributed by atoms with Crippen molar-refractivity contribution in [2.24, 2.45) is 5.73 Å². The molecular weight excluding hydrogens is 388 g/mol. The summed E-state index contributed by atoms with van der Waals surface area (Å²) in [7, 11) is -4.35. The van der Waals surface area contributed by atoms with Gasteiger partial charge in [-0.05, 0) is 56.5 Å². The van der Waals surface area contributed by atoms with Crippen LogP contribution in [0.1, 0.15) is 13.8 Å². The Morgan fingerprint density at radius 2 is 1.63 bits per heavy atom. The van der Waals surface area contributed by atoms with Crippen molar-refractivity contribution in [2.45, 2.75) is 29.5 Å². The van der Waals surface area contributed by atoms with E-state index in [1.54, 1.807) is 32.2 Å². The van der Waals surface area contributed by atoms with Gasteiger partial charge in [-0.15, -0.1) is 0 Å². The number of sulfonamides is 1. The van der Waals surface area contributed by atoms with Gasteiger partial charge in [0.15, 0.2) is 0 Å². The van der Waals surface area contributed by atoms with E-state index in [1.165, 1.54) is 36.0 Å². The van der Waals surface area contributed by atoms with Crippen molar-refractivity contribution in [3.05, 3.63) is 54.6 Å². The molecule has 0 saturated carbocycles. The molecule has 0 radical (unpaired) electrons. The zero-order valence-electron chi connectivity index (χ0n) is 15.2. The van der Waals surface area contributed by atoms with Crippen molar-refractivity contribution in [1.82, 2.24) is 4.47 Å². The van der Waals surface area contributed by atoms with Gasteiger partial charge in [-0.1, -0.05) is 22.7 Å². The van der Waals surface area contributed by atoms with E-state index in [0.29, 0.717) is 11.5 Å². The van der Waals surface area contributed by atoms with E-state index in [1.807, 2.05) is 18.2 Å². The fourth-order valence-corrected chi connectivity index (χ4v) is 4.23. The number of hydroxylamine groups is 1. The minimum Gasteiger partial charge on any atom is -0.457 e. The van der Waals surface area contributed by atoms with Gasteiger partial charge in [0.1, 0.15) is 17.5 Å². The second kappa shape index (κ2) is 8.30. The number of nitrogens with zero attached hydrogens (tertiary/aromatic N) is 1. The summed E-state index contributed by atoms with van der Waals surface area (Å²) in [6.07, 6.45) is 1.70. The predicted molar refractivity (Wildman–Crippen MR) is 104 cm³/mol. The van der Waals surface area contributed by atoms with Gasteiger partial charge in [0.2, 0.25) is 5.91 Å². The highest BCUT2D eigenvalue weighted by molar-refractivity contribution is 8.00.